The molecule has 2 aromatic heterocycles. The zero-order chi connectivity index (χ0) is 18.1. The van der Waals surface area contributed by atoms with Crippen molar-refractivity contribution in [2.45, 2.75) is 13.3 Å². The third-order valence-corrected chi connectivity index (χ3v) is 4.86. The Labute approximate surface area is 151 Å². The molecule has 5 nitrogen and oxygen atoms in total. The van der Waals surface area contributed by atoms with E-state index < -0.39 is 0 Å². The number of nitrogens with zero attached hydrogens (tertiary/aromatic N) is 3. The van der Waals surface area contributed by atoms with E-state index >= 15 is 0 Å². The Hall–Kier alpha value is -2.89. The molecule has 0 aliphatic carbocycles. The van der Waals surface area contributed by atoms with Crippen LogP contribution in [0.3, 0.4) is 0 Å². The van der Waals surface area contributed by atoms with Crippen LogP contribution in [0.5, 0.6) is 0 Å². The second-order valence-electron chi connectivity index (χ2n) is 6.86. The van der Waals surface area contributed by atoms with E-state index in [1.54, 1.807) is 18.3 Å². The van der Waals surface area contributed by atoms with Crippen LogP contribution < -0.4 is 10.2 Å². The number of carbonyl (C=O) groups excluding carboxylic acids is 1. The van der Waals surface area contributed by atoms with E-state index in [0.717, 1.165) is 30.7 Å². The molecular formula is C20H21FN4O. The van der Waals surface area contributed by atoms with Gasteiger partial charge in [0, 0.05) is 32.0 Å². The summed E-state index contributed by atoms with van der Waals surface area (Å²) in [5.74, 6) is -0.0642. The lowest BCUT2D eigenvalue weighted by atomic mass is 10.1. The number of hydrogen-bond donors (Lipinski definition) is 1. The molecule has 1 amide bonds. The van der Waals surface area contributed by atoms with E-state index in [4.69, 9.17) is 0 Å². The van der Waals surface area contributed by atoms with Gasteiger partial charge in [0.25, 0.3) is 5.91 Å². The fourth-order valence-corrected chi connectivity index (χ4v) is 3.47. The number of halogens is 1. The first kappa shape index (κ1) is 16.6. The van der Waals surface area contributed by atoms with Crippen LogP contribution in [0.4, 0.5) is 10.1 Å². The first-order chi connectivity index (χ1) is 12.6. The van der Waals surface area contributed by atoms with Crippen LogP contribution in [0, 0.1) is 18.7 Å². The molecule has 4 rings (SSSR count). The van der Waals surface area contributed by atoms with Crippen molar-refractivity contribution in [1.29, 1.82) is 0 Å². The Kier molecular flexibility index (Phi) is 4.32. The number of carbonyl (C=O) groups is 1. The lowest BCUT2D eigenvalue weighted by molar-refractivity contribution is 0.0944. The molecule has 3 heterocycles. The molecule has 134 valence electrons. The lowest BCUT2D eigenvalue weighted by Crippen LogP contribution is -2.31. The average molecular weight is 352 g/mol. The van der Waals surface area contributed by atoms with Gasteiger partial charge in [-0.3, -0.25) is 4.79 Å². The van der Waals surface area contributed by atoms with Gasteiger partial charge in [-0.05, 0) is 43.0 Å². The zero-order valence-corrected chi connectivity index (χ0v) is 14.7. The van der Waals surface area contributed by atoms with E-state index in [1.165, 1.54) is 6.07 Å². The fourth-order valence-electron chi connectivity index (χ4n) is 3.47. The maximum Gasteiger partial charge on any atom is 0.271 e. The molecule has 1 aromatic carbocycles. The van der Waals surface area contributed by atoms with Crippen molar-refractivity contribution < 1.29 is 9.18 Å². The van der Waals surface area contributed by atoms with Gasteiger partial charge >= 0.3 is 0 Å². The van der Waals surface area contributed by atoms with Gasteiger partial charge in [0.1, 0.15) is 17.2 Å². The van der Waals surface area contributed by atoms with Crippen LogP contribution in [0.1, 0.15) is 22.5 Å². The smallest absolute Gasteiger partial charge is 0.271 e. The second-order valence-corrected chi connectivity index (χ2v) is 6.86. The summed E-state index contributed by atoms with van der Waals surface area (Å²) in [4.78, 5) is 18.8. The van der Waals surface area contributed by atoms with Gasteiger partial charge in [0.2, 0.25) is 0 Å². The summed E-state index contributed by atoms with van der Waals surface area (Å²) in [6.45, 7) is 4.11. The minimum absolute atomic E-state index is 0.171. The predicted molar refractivity (Wildman–Crippen MR) is 99.0 cm³/mol. The Balaban J connectivity index is 1.36. The summed E-state index contributed by atoms with van der Waals surface area (Å²) in [6, 6.07) is 10.7. The third-order valence-electron chi connectivity index (χ3n) is 4.86. The average Bonchev–Trinajstić information content (AvgIpc) is 3.26. The van der Waals surface area contributed by atoms with Gasteiger partial charge in [-0.15, -0.1) is 0 Å². The Morgan fingerprint density at radius 3 is 2.96 bits per heavy atom. The Morgan fingerprint density at radius 2 is 2.12 bits per heavy atom. The first-order valence-electron chi connectivity index (χ1n) is 8.83. The van der Waals surface area contributed by atoms with E-state index in [0.29, 0.717) is 23.8 Å². The molecule has 1 aliphatic heterocycles. The number of benzene rings is 1. The molecule has 26 heavy (non-hydrogen) atoms. The van der Waals surface area contributed by atoms with Crippen molar-refractivity contribution in [1.82, 2.24) is 14.7 Å². The molecule has 1 atom stereocenters. The van der Waals surface area contributed by atoms with Crippen LogP contribution in [-0.2, 0) is 0 Å². The number of pyridine rings is 1. The van der Waals surface area contributed by atoms with Gasteiger partial charge in [-0.2, -0.15) is 0 Å². The number of anilines is 1. The number of fused-ring (bicyclic) bond motifs is 1. The van der Waals surface area contributed by atoms with Gasteiger partial charge in [-0.1, -0.05) is 18.2 Å². The summed E-state index contributed by atoms with van der Waals surface area (Å²) < 4.78 is 15.8. The normalized spacial score (nSPS) is 17.0. The first-order valence-corrected chi connectivity index (χ1v) is 8.83. The van der Waals surface area contributed by atoms with Crippen molar-refractivity contribution in [3.8, 4) is 0 Å². The molecule has 3 aromatic rings. The number of amides is 1. The number of aromatic nitrogens is 2. The van der Waals surface area contributed by atoms with Gasteiger partial charge < -0.3 is 14.6 Å². The van der Waals surface area contributed by atoms with Crippen molar-refractivity contribution in [2.24, 2.45) is 5.92 Å². The standard InChI is InChI=1S/C20H21FN4O/c1-14-6-7-19-23-17(13-25(19)11-14)20(26)22-10-15-8-9-24(12-15)18-5-3-2-4-16(18)21/h2-7,11,13,15H,8-10,12H2,1H3,(H,22,26)/t15-/m1/s1. The molecule has 1 aliphatic rings. The highest BCUT2D eigenvalue weighted by molar-refractivity contribution is 5.92. The minimum Gasteiger partial charge on any atom is -0.369 e. The second kappa shape index (κ2) is 6.78. The van der Waals surface area contributed by atoms with Crippen LogP contribution in [0.15, 0.2) is 48.8 Å². The zero-order valence-electron chi connectivity index (χ0n) is 14.7. The number of para-hydroxylation sites is 1. The van der Waals surface area contributed by atoms with E-state index in [-0.39, 0.29) is 11.7 Å². The molecule has 1 fully saturated rings. The topological polar surface area (TPSA) is 49.6 Å². The highest BCUT2D eigenvalue weighted by atomic mass is 19.1. The summed E-state index contributed by atoms with van der Waals surface area (Å²) in [6.07, 6.45) is 4.62. The molecule has 1 saturated heterocycles. The summed E-state index contributed by atoms with van der Waals surface area (Å²) in [7, 11) is 0. The van der Waals surface area contributed by atoms with E-state index in [9.17, 15) is 9.18 Å². The van der Waals surface area contributed by atoms with Crippen molar-refractivity contribution in [3.05, 3.63) is 65.9 Å². The number of aryl methyl sites for hydroxylation is 1. The van der Waals surface area contributed by atoms with Crippen LogP contribution >= 0.6 is 0 Å². The molecule has 6 heteroatoms. The maximum absolute atomic E-state index is 13.9. The fraction of sp³-hybridized carbons (Fsp3) is 0.300. The summed E-state index contributed by atoms with van der Waals surface area (Å²) >= 11 is 0. The summed E-state index contributed by atoms with van der Waals surface area (Å²) in [5.41, 5.74) is 2.92. The van der Waals surface area contributed by atoms with Crippen LogP contribution in [0.25, 0.3) is 5.65 Å². The molecule has 0 saturated carbocycles. The molecule has 0 spiro atoms. The largest absolute Gasteiger partial charge is 0.369 e. The van der Waals surface area contributed by atoms with Gasteiger partial charge in [-0.25, -0.2) is 9.37 Å². The Bertz CT molecular complexity index is 952. The monoisotopic (exact) mass is 352 g/mol. The molecule has 0 unspecified atom stereocenters. The highest BCUT2D eigenvalue weighted by Gasteiger charge is 2.25. The SMILES string of the molecule is Cc1ccc2nc(C(=O)NC[C@H]3CCN(c4ccccc4F)C3)cn2c1. The number of imidazole rings is 1. The highest BCUT2D eigenvalue weighted by Crippen LogP contribution is 2.25. The minimum atomic E-state index is -0.197. The van der Waals surface area contributed by atoms with E-state index in [1.807, 2.05) is 40.6 Å². The number of rotatable bonds is 4. The molecular weight excluding hydrogens is 331 g/mol. The number of nitrogens with one attached hydrogen (secondary N) is 1. The third kappa shape index (κ3) is 3.27. The lowest BCUT2D eigenvalue weighted by Gasteiger charge is -2.19. The van der Waals surface area contributed by atoms with Crippen molar-refractivity contribution >= 4 is 17.2 Å². The van der Waals surface area contributed by atoms with Crippen molar-refractivity contribution in [2.75, 3.05) is 24.5 Å². The van der Waals surface area contributed by atoms with Gasteiger partial charge in [0.05, 0.1) is 5.69 Å². The van der Waals surface area contributed by atoms with Crippen LogP contribution in [-0.4, -0.2) is 34.9 Å². The summed E-state index contributed by atoms with van der Waals surface area (Å²) in [5, 5.41) is 2.97. The van der Waals surface area contributed by atoms with E-state index in [2.05, 4.69) is 10.3 Å². The molecule has 0 radical (unpaired) electrons. The quantitative estimate of drug-likeness (QED) is 0.785. The maximum atomic E-state index is 13.9. The molecule has 1 N–H and O–H groups in total. The Morgan fingerprint density at radius 1 is 1.27 bits per heavy atom. The predicted octanol–water partition coefficient (Wildman–Crippen LogP) is 3.04. The molecule has 0 bridgehead atoms. The van der Waals surface area contributed by atoms with Crippen LogP contribution in [0.2, 0.25) is 0 Å². The van der Waals surface area contributed by atoms with Gasteiger partial charge in [0.15, 0.2) is 0 Å². The van der Waals surface area contributed by atoms with Crippen molar-refractivity contribution in [3.63, 3.8) is 0 Å². The number of hydrogen-bond acceptors (Lipinski definition) is 3.